The third-order valence-electron chi connectivity index (χ3n) is 9.57. The van der Waals surface area contributed by atoms with E-state index in [1.807, 2.05) is 24.3 Å². The van der Waals surface area contributed by atoms with Crippen LogP contribution in [0.5, 0.6) is 0 Å². The average molecular weight is 541 g/mol. The Bertz CT molecular complexity index is 1320. The summed E-state index contributed by atoms with van der Waals surface area (Å²) in [5, 5.41) is 12.9. The lowest BCUT2D eigenvalue weighted by molar-refractivity contribution is -0.906. The number of anilines is 1. The number of rotatable bonds is 7. The summed E-state index contributed by atoms with van der Waals surface area (Å²) in [6.45, 7) is 10.7. The first-order valence-electron chi connectivity index (χ1n) is 14.6. The van der Waals surface area contributed by atoms with Crippen molar-refractivity contribution in [3.05, 3.63) is 101 Å². The van der Waals surface area contributed by atoms with Crippen molar-refractivity contribution in [2.75, 3.05) is 31.1 Å². The Balaban J connectivity index is 1.46. The number of aryl methyl sites for hydroxylation is 2. The molecule has 0 aromatic heterocycles. The molecule has 0 saturated carbocycles. The van der Waals surface area contributed by atoms with Crippen LogP contribution in [0, 0.1) is 13.8 Å². The highest BCUT2D eigenvalue weighted by molar-refractivity contribution is 5.92. The number of carboxylic acid groups (broad SMARTS) is 1. The van der Waals surface area contributed by atoms with Gasteiger partial charge >= 0.3 is 11.9 Å². The van der Waals surface area contributed by atoms with Crippen LogP contribution in [0.15, 0.2) is 72.8 Å². The molecule has 0 bridgehead atoms. The molecule has 2 heterocycles. The number of carbonyl (C=O) groups excluding carboxylic acids is 1. The van der Waals surface area contributed by atoms with E-state index in [4.69, 9.17) is 0 Å². The lowest BCUT2D eigenvalue weighted by atomic mass is 9.81. The second-order valence-electron chi connectivity index (χ2n) is 11.9. The first-order valence-corrected chi connectivity index (χ1v) is 14.6. The van der Waals surface area contributed by atoms with Crippen molar-refractivity contribution in [2.24, 2.45) is 0 Å². The molecule has 1 amide bonds. The van der Waals surface area contributed by atoms with E-state index in [-0.39, 0.29) is 17.5 Å². The Morgan fingerprint density at radius 2 is 1.50 bits per heavy atom. The molecule has 5 rings (SSSR count). The van der Waals surface area contributed by atoms with Crippen LogP contribution in [0.4, 0.5) is 5.69 Å². The fourth-order valence-corrected chi connectivity index (χ4v) is 7.05. The first-order chi connectivity index (χ1) is 19.2. The third-order valence-corrected chi connectivity index (χ3v) is 9.57. The molecule has 0 spiro atoms. The standard InChI is InChI=1S/C34H41N3O3/c1-25-8-7-9-26(2)31(25)32(38)37(34(3)18-20-35-21-19-34)22-16-30(17-23-37)36(29-10-5-4-6-11-29)24-27-12-14-28(15-13-27)33(39)40/h4-15,30,35H,16-24H2,1-3H3/p+1. The SMILES string of the molecule is Cc1cccc(C)c1C(=O)[N+]1(C2(C)CCNCC2)CCC(N(Cc2ccc(C(=O)O)cc2)c2ccccc2)CC1. The van der Waals surface area contributed by atoms with Gasteiger partial charge in [0.25, 0.3) is 0 Å². The minimum atomic E-state index is -0.909. The largest absolute Gasteiger partial charge is 0.478 e. The second-order valence-corrected chi connectivity index (χ2v) is 11.9. The summed E-state index contributed by atoms with van der Waals surface area (Å²) in [5.41, 5.74) is 5.47. The number of likely N-dealkylation sites (tertiary alicyclic amines) is 1. The number of nitrogens with zero attached hydrogens (tertiary/aromatic N) is 2. The van der Waals surface area contributed by atoms with Crippen LogP contribution in [0.2, 0.25) is 0 Å². The topological polar surface area (TPSA) is 69.6 Å². The molecular formula is C34H42N3O3+. The molecule has 3 aromatic carbocycles. The van der Waals surface area contributed by atoms with Crippen molar-refractivity contribution in [2.45, 2.75) is 64.6 Å². The number of quaternary nitrogens is 1. The zero-order valence-electron chi connectivity index (χ0n) is 24.0. The minimum absolute atomic E-state index is 0.105. The van der Waals surface area contributed by atoms with Crippen molar-refractivity contribution in [3.8, 4) is 0 Å². The van der Waals surface area contributed by atoms with Crippen molar-refractivity contribution in [3.63, 3.8) is 0 Å². The molecule has 210 valence electrons. The summed E-state index contributed by atoms with van der Waals surface area (Å²) >= 11 is 0. The van der Waals surface area contributed by atoms with Crippen LogP contribution in [0.3, 0.4) is 0 Å². The summed E-state index contributed by atoms with van der Waals surface area (Å²) in [7, 11) is 0. The summed E-state index contributed by atoms with van der Waals surface area (Å²) in [6, 6.07) is 24.2. The minimum Gasteiger partial charge on any atom is -0.478 e. The van der Waals surface area contributed by atoms with Gasteiger partial charge in [-0.3, -0.25) is 4.48 Å². The smallest absolute Gasteiger partial charge is 0.346 e. The number of carboxylic acids is 1. The van der Waals surface area contributed by atoms with Crippen LogP contribution in [0.1, 0.15) is 70.0 Å². The Morgan fingerprint density at radius 3 is 2.08 bits per heavy atom. The van der Waals surface area contributed by atoms with E-state index >= 15 is 0 Å². The van der Waals surface area contributed by atoms with E-state index in [2.05, 4.69) is 67.4 Å². The Hall–Kier alpha value is -3.48. The number of hydrogen-bond donors (Lipinski definition) is 2. The molecule has 0 radical (unpaired) electrons. The maximum absolute atomic E-state index is 14.7. The maximum Gasteiger partial charge on any atom is 0.346 e. The second kappa shape index (κ2) is 11.6. The quantitative estimate of drug-likeness (QED) is 0.362. The van der Waals surface area contributed by atoms with Gasteiger partial charge in [0.2, 0.25) is 0 Å². The van der Waals surface area contributed by atoms with Crippen molar-refractivity contribution in [1.29, 1.82) is 0 Å². The number of hydrogen-bond acceptors (Lipinski definition) is 4. The van der Waals surface area contributed by atoms with Crippen LogP contribution in [-0.2, 0) is 6.54 Å². The van der Waals surface area contributed by atoms with Crippen LogP contribution < -0.4 is 10.2 Å². The maximum atomic E-state index is 14.7. The molecule has 40 heavy (non-hydrogen) atoms. The van der Waals surface area contributed by atoms with E-state index in [1.165, 1.54) is 0 Å². The summed E-state index contributed by atoms with van der Waals surface area (Å²) in [6.07, 6.45) is 3.82. The molecule has 2 saturated heterocycles. The molecule has 0 aliphatic carbocycles. The van der Waals surface area contributed by atoms with Gasteiger partial charge in [-0.1, -0.05) is 48.5 Å². The highest BCUT2D eigenvalue weighted by Gasteiger charge is 2.55. The highest BCUT2D eigenvalue weighted by Crippen LogP contribution is 2.41. The number of carbonyl (C=O) groups is 2. The number of aromatic carboxylic acids is 1. The Morgan fingerprint density at radius 1 is 0.900 bits per heavy atom. The van der Waals surface area contributed by atoms with Crippen LogP contribution in [0.25, 0.3) is 0 Å². The van der Waals surface area contributed by atoms with Gasteiger partial charge in [-0.25, -0.2) is 9.59 Å². The van der Waals surface area contributed by atoms with E-state index in [0.29, 0.717) is 16.6 Å². The van der Waals surface area contributed by atoms with Gasteiger partial charge in [0, 0.05) is 57.0 Å². The van der Waals surface area contributed by atoms with Gasteiger partial charge in [-0.05, 0) is 61.7 Å². The highest BCUT2D eigenvalue weighted by atomic mass is 16.4. The van der Waals surface area contributed by atoms with E-state index < -0.39 is 5.97 Å². The van der Waals surface area contributed by atoms with Gasteiger partial charge in [0.05, 0.1) is 24.2 Å². The number of piperidine rings is 2. The summed E-state index contributed by atoms with van der Waals surface area (Å²) in [5.74, 6) is -0.623. The van der Waals surface area contributed by atoms with Crippen LogP contribution >= 0.6 is 0 Å². The zero-order valence-corrected chi connectivity index (χ0v) is 24.0. The fraction of sp³-hybridized carbons (Fsp3) is 0.412. The molecule has 2 fully saturated rings. The molecule has 6 heteroatoms. The molecule has 6 nitrogen and oxygen atoms in total. The first kappa shape index (κ1) is 28.1. The average Bonchev–Trinajstić information content (AvgIpc) is 2.97. The number of amides is 1. The van der Waals surface area contributed by atoms with Gasteiger partial charge < -0.3 is 15.3 Å². The Kier molecular flexibility index (Phi) is 8.11. The van der Waals surface area contributed by atoms with Gasteiger partial charge in [-0.15, -0.1) is 0 Å². The fourth-order valence-electron chi connectivity index (χ4n) is 7.05. The zero-order chi connectivity index (χ0) is 28.3. The van der Waals surface area contributed by atoms with E-state index in [9.17, 15) is 14.7 Å². The third kappa shape index (κ3) is 5.30. The van der Waals surface area contributed by atoms with E-state index in [0.717, 1.165) is 79.8 Å². The van der Waals surface area contributed by atoms with Gasteiger partial charge in [-0.2, -0.15) is 0 Å². The number of para-hydroxylation sites is 1. The number of nitrogens with one attached hydrogen (secondary N) is 1. The van der Waals surface area contributed by atoms with Gasteiger partial charge in [0.15, 0.2) is 0 Å². The predicted octanol–water partition coefficient (Wildman–Crippen LogP) is 5.97. The van der Waals surface area contributed by atoms with Crippen molar-refractivity contribution in [1.82, 2.24) is 5.32 Å². The number of benzene rings is 3. The Labute approximate surface area is 238 Å². The van der Waals surface area contributed by atoms with Gasteiger partial charge in [0.1, 0.15) is 5.54 Å². The molecule has 2 aliphatic rings. The summed E-state index contributed by atoms with van der Waals surface area (Å²) in [4.78, 5) is 28.5. The predicted molar refractivity (Wildman–Crippen MR) is 160 cm³/mol. The molecule has 3 aromatic rings. The van der Waals surface area contributed by atoms with Crippen molar-refractivity contribution >= 4 is 17.6 Å². The lowest BCUT2D eigenvalue weighted by Crippen LogP contribution is -2.71. The van der Waals surface area contributed by atoms with Crippen LogP contribution in [-0.4, -0.2) is 59.2 Å². The normalized spacial score (nSPS) is 22.4. The molecule has 0 atom stereocenters. The molecule has 2 N–H and O–H groups in total. The molecule has 2 aliphatic heterocycles. The molecular weight excluding hydrogens is 498 g/mol. The molecule has 0 unspecified atom stereocenters. The van der Waals surface area contributed by atoms with Crippen molar-refractivity contribution < 1.29 is 19.2 Å². The summed E-state index contributed by atoms with van der Waals surface area (Å²) < 4.78 is 0.521. The van der Waals surface area contributed by atoms with E-state index in [1.54, 1.807) is 12.1 Å². The monoisotopic (exact) mass is 540 g/mol. The lowest BCUT2D eigenvalue weighted by Gasteiger charge is -2.55.